The standard InChI is InChI=1S/C17H23BrN2O2S/c18-13-4-6-14(7-5-13)23(22)9-1-2-17(21)20-10-12-3-8-16(19)15(12)11-20/h4-7,12,15-16H,1-3,8-11,19H2. The molecule has 1 aromatic carbocycles. The Morgan fingerprint density at radius 1 is 1.26 bits per heavy atom. The van der Waals surface area contributed by atoms with Gasteiger partial charge in [-0.15, -0.1) is 0 Å². The number of rotatable bonds is 5. The molecule has 4 atom stereocenters. The molecular formula is C17H23BrN2O2S. The molecule has 2 fully saturated rings. The first-order valence-electron chi connectivity index (χ1n) is 8.22. The number of amides is 1. The van der Waals surface area contributed by atoms with Gasteiger partial charge in [0.25, 0.3) is 0 Å². The maximum Gasteiger partial charge on any atom is 0.222 e. The summed E-state index contributed by atoms with van der Waals surface area (Å²) in [5.41, 5.74) is 6.12. The summed E-state index contributed by atoms with van der Waals surface area (Å²) >= 11 is 3.37. The Kier molecular flexibility index (Phi) is 5.54. The molecule has 23 heavy (non-hydrogen) atoms. The maximum absolute atomic E-state index is 12.3. The number of carbonyl (C=O) groups excluding carboxylic acids is 1. The molecular weight excluding hydrogens is 376 g/mol. The molecule has 0 spiro atoms. The molecule has 0 bridgehead atoms. The van der Waals surface area contributed by atoms with Crippen LogP contribution in [0.4, 0.5) is 0 Å². The molecule has 1 aliphatic heterocycles. The van der Waals surface area contributed by atoms with Gasteiger partial charge in [-0.05, 0) is 55.4 Å². The van der Waals surface area contributed by atoms with Crippen molar-refractivity contribution < 1.29 is 9.00 Å². The van der Waals surface area contributed by atoms with Crippen molar-refractivity contribution in [2.45, 2.75) is 36.6 Å². The van der Waals surface area contributed by atoms with E-state index in [0.29, 0.717) is 30.4 Å². The first kappa shape index (κ1) is 17.1. The van der Waals surface area contributed by atoms with Crippen LogP contribution >= 0.6 is 15.9 Å². The highest BCUT2D eigenvalue weighted by molar-refractivity contribution is 9.10. The number of halogens is 1. The highest BCUT2D eigenvalue weighted by Crippen LogP contribution is 2.37. The van der Waals surface area contributed by atoms with E-state index in [9.17, 15) is 9.00 Å². The van der Waals surface area contributed by atoms with Gasteiger partial charge >= 0.3 is 0 Å². The van der Waals surface area contributed by atoms with Crippen molar-refractivity contribution in [1.82, 2.24) is 4.90 Å². The molecule has 1 saturated heterocycles. The summed E-state index contributed by atoms with van der Waals surface area (Å²) in [4.78, 5) is 15.1. The molecule has 4 unspecified atom stereocenters. The summed E-state index contributed by atoms with van der Waals surface area (Å²) in [5, 5.41) is 0. The summed E-state index contributed by atoms with van der Waals surface area (Å²) in [6.07, 6.45) is 3.41. The molecule has 0 aromatic heterocycles. The minimum Gasteiger partial charge on any atom is -0.342 e. The lowest BCUT2D eigenvalue weighted by Gasteiger charge is -2.18. The van der Waals surface area contributed by atoms with E-state index in [1.54, 1.807) is 0 Å². The van der Waals surface area contributed by atoms with E-state index >= 15 is 0 Å². The van der Waals surface area contributed by atoms with Gasteiger partial charge in [0, 0.05) is 40.7 Å². The Labute approximate surface area is 148 Å². The number of nitrogens with zero attached hydrogens (tertiary/aromatic N) is 1. The maximum atomic E-state index is 12.3. The number of benzene rings is 1. The van der Waals surface area contributed by atoms with Crippen LogP contribution in [0.3, 0.4) is 0 Å². The molecule has 1 aromatic rings. The molecule has 1 amide bonds. The number of fused-ring (bicyclic) bond motifs is 1. The zero-order valence-corrected chi connectivity index (χ0v) is 15.5. The number of nitrogens with two attached hydrogens (primary N) is 1. The zero-order chi connectivity index (χ0) is 16.4. The second kappa shape index (κ2) is 7.45. The Bertz CT molecular complexity index is 593. The lowest BCUT2D eigenvalue weighted by Crippen LogP contribution is -2.33. The van der Waals surface area contributed by atoms with Gasteiger partial charge in [-0.1, -0.05) is 15.9 Å². The summed E-state index contributed by atoms with van der Waals surface area (Å²) < 4.78 is 13.2. The summed E-state index contributed by atoms with van der Waals surface area (Å²) in [7, 11) is -1.03. The fourth-order valence-electron chi connectivity index (χ4n) is 3.73. The van der Waals surface area contributed by atoms with Gasteiger partial charge in [0.1, 0.15) is 0 Å². The van der Waals surface area contributed by atoms with Gasteiger partial charge in [0.05, 0.1) is 10.8 Å². The van der Waals surface area contributed by atoms with Gasteiger partial charge in [-0.2, -0.15) is 0 Å². The Morgan fingerprint density at radius 3 is 2.70 bits per heavy atom. The molecule has 1 aliphatic carbocycles. The van der Waals surface area contributed by atoms with Gasteiger partial charge in [0.15, 0.2) is 0 Å². The molecule has 2 N–H and O–H groups in total. The third kappa shape index (κ3) is 4.03. The minimum atomic E-state index is -1.03. The van der Waals surface area contributed by atoms with Crippen molar-refractivity contribution in [1.29, 1.82) is 0 Å². The molecule has 0 radical (unpaired) electrons. The van der Waals surface area contributed by atoms with E-state index in [-0.39, 0.29) is 11.9 Å². The highest BCUT2D eigenvalue weighted by Gasteiger charge is 2.42. The van der Waals surface area contributed by atoms with Gasteiger partial charge in [0.2, 0.25) is 5.91 Å². The predicted molar refractivity (Wildman–Crippen MR) is 95.4 cm³/mol. The third-order valence-electron chi connectivity index (χ3n) is 5.06. The molecule has 1 heterocycles. The first-order valence-corrected chi connectivity index (χ1v) is 10.3. The first-order chi connectivity index (χ1) is 11.0. The second-order valence-corrected chi connectivity index (χ2v) is 9.06. The van der Waals surface area contributed by atoms with Crippen molar-refractivity contribution in [3.8, 4) is 0 Å². The van der Waals surface area contributed by atoms with Crippen LogP contribution in [0.25, 0.3) is 0 Å². The van der Waals surface area contributed by atoms with Crippen LogP contribution in [-0.4, -0.2) is 39.9 Å². The van der Waals surface area contributed by atoms with Crippen LogP contribution in [0.2, 0.25) is 0 Å². The van der Waals surface area contributed by atoms with Gasteiger partial charge in [-0.25, -0.2) is 0 Å². The largest absolute Gasteiger partial charge is 0.342 e. The van der Waals surface area contributed by atoms with E-state index in [1.165, 1.54) is 0 Å². The van der Waals surface area contributed by atoms with Crippen LogP contribution in [-0.2, 0) is 15.6 Å². The molecule has 4 nitrogen and oxygen atoms in total. The zero-order valence-electron chi connectivity index (χ0n) is 13.1. The van der Waals surface area contributed by atoms with E-state index in [1.807, 2.05) is 29.2 Å². The summed E-state index contributed by atoms with van der Waals surface area (Å²) in [5.74, 6) is 1.83. The predicted octanol–water partition coefficient (Wildman–Crippen LogP) is 2.53. The SMILES string of the molecule is NC1CCC2CN(C(=O)CCCS(=O)c3ccc(Br)cc3)CC12. The van der Waals surface area contributed by atoms with Crippen molar-refractivity contribution in [2.24, 2.45) is 17.6 Å². The quantitative estimate of drug-likeness (QED) is 0.828. The van der Waals surface area contributed by atoms with E-state index in [4.69, 9.17) is 5.73 Å². The Balaban J connectivity index is 1.43. The number of likely N-dealkylation sites (tertiary alicyclic amines) is 1. The lowest BCUT2D eigenvalue weighted by atomic mass is 9.98. The Morgan fingerprint density at radius 2 is 2.00 bits per heavy atom. The normalized spacial score (nSPS) is 27.9. The number of hydrogen-bond acceptors (Lipinski definition) is 3. The van der Waals surface area contributed by atoms with E-state index in [2.05, 4.69) is 15.9 Å². The molecule has 3 rings (SSSR count). The van der Waals surface area contributed by atoms with Crippen molar-refractivity contribution in [3.63, 3.8) is 0 Å². The van der Waals surface area contributed by atoms with E-state index in [0.717, 1.165) is 35.3 Å². The van der Waals surface area contributed by atoms with Crippen molar-refractivity contribution in [3.05, 3.63) is 28.7 Å². The highest BCUT2D eigenvalue weighted by atomic mass is 79.9. The topological polar surface area (TPSA) is 63.4 Å². The van der Waals surface area contributed by atoms with Crippen LogP contribution in [0.1, 0.15) is 25.7 Å². The molecule has 6 heteroatoms. The van der Waals surface area contributed by atoms with Crippen LogP contribution < -0.4 is 5.73 Å². The summed E-state index contributed by atoms with van der Waals surface area (Å²) in [6, 6.07) is 7.79. The minimum absolute atomic E-state index is 0.194. The lowest BCUT2D eigenvalue weighted by molar-refractivity contribution is -0.130. The fraction of sp³-hybridized carbons (Fsp3) is 0.588. The van der Waals surface area contributed by atoms with Crippen LogP contribution in [0.15, 0.2) is 33.6 Å². The number of carbonyl (C=O) groups is 1. The van der Waals surface area contributed by atoms with Crippen LogP contribution in [0.5, 0.6) is 0 Å². The van der Waals surface area contributed by atoms with Crippen molar-refractivity contribution >= 4 is 32.6 Å². The van der Waals surface area contributed by atoms with Gasteiger partial charge < -0.3 is 10.6 Å². The molecule has 1 saturated carbocycles. The smallest absolute Gasteiger partial charge is 0.222 e. The van der Waals surface area contributed by atoms with Crippen molar-refractivity contribution in [2.75, 3.05) is 18.8 Å². The molecule has 2 aliphatic rings. The van der Waals surface area contributed by atoms with E-state index < -0.39 is 10.8 Å². The fourth-order valence-corrected chi connectivity index (χ4v) is 5.07. The average Bonchev–Trinajstić information content (AvgIpc) is 3.10. The summed E-state index contributed by atoms with van der Waals surface area (Å²) in [6.45, 7) is 1.69. The van der Waals surface area contributed by atoms with Crippen LogP contribution in [0, 0.1) is 11.8 Å². The number of hydrogen-bond donors (Lipinski definition) is 1. The molecule has 126 valence electrons. The average molecular weight is 399 g/mol. The monoisotopic (exact) mass is 398 g/mol. The van der Waals surface area contributed by atoms with Gasteiger partial charge in [-0.3, -0.25) is 9.00 Å². The Hall–Kier alpha value is -0.720. The second-order valence-electron chi connectivity index (χ2n) is 6.57. The third-order valence-corrected chi connectivity index (χ3v) is 7.05.